The fraction of sp³-hybridized carbons (Fsp3) is 0.316. The first-order chi connectivity index (χ1) is 12.6. The molecular weight excluding hydrogens is 374 g/mol. The monoisotopic (exact) mass is 394 g/mol. The van der Waals surface area contributed by atoms with Crippen molar-refractivity contribution in [3.63, 3.8) is 0 Å². The third-order valence-corrected chi connectivity index (χ3v) is 6.40. The molecule has 3 rings (SSSR count). The van der Waals surface area contributed by atoms with Crippen LogP contribution in [-0.4, -0.2) is 20.9 Å². The number of carbonyl (C=O) groups is 1. The van der Waals surface area contributed by atoms with Crippen molar-refractivity contribution in [2.45, 2.75) is 30.6 Å². The Morgan fingerprint density at radius 3 is 2.33 bits per heavy atom. The lowest BCUT2D eigenvalue weighted by atomic mass is 9.93. The summed E-state index contributed by atoms with van der Waals surface area (Å²) in [6, 6.07) is 9.13. The zero-order valence-electron chi connectivity index (χ0n) is 14.9. The van der Waals surface area contributed by atoms with Crippen LogP contribution < -0.4 is 10.0 Å². The molecule has 0 radical (unpaired) electrons. The van der Waals surface area contributed by atoms with Crippen molar-refractivity contribution in [2.24, 2.45) is 5.92 Å². The van der Waals surface area contributed by atoms with Crippen molar-refractivity contribution in [3.05, 3.63) is 59.7 Å². The highest BCUT2D eigenvalue weighted by molar-refractivity contribution is 7.89. The van der Waals surface area contributed by atoms with Gasteiger partial charge in [-0.3, -0.25) is 4.79 Å². The Hall–Kier alpha value is -2.32. The van der Waals surface area contributed by atoms with Crippen molar-refractivity contribution < 1.29 is 22.0 Å². The molecule has 2 N–H and O–H groups in total. The van der Waals surface area contributed by atoms with Crippen molar-refractivity contribution in [1.82, 2.24) is 4.72 Å². The maximum absolute atomic E-state index is 14.2. The molecule has 27 heavy (non-hydrogen) atoms. The maximum atomic E-state index is 14.2. The second kappa shape index (κ2) is 7.01. The Bertz CT molecular complexity index is 977. The summed E-state index contributed by atoms with van der Waals surface area (Å²) in [6.45, 7) is 3.28. The second-order valence-corrected chi connectivity index (χ2v) is 8.68. The first kappa shape index (κ1) is 19.4. The molecule has 1 aliphatic rings. The van der Waals surface area contributed by atoms with E-state index in [4.69, 9.17) is 0 Å². The summed E-state index contributed by atoms with van der Waals surface area (Å²) in [7, 11) is -3.81. The van der Waals surface area contributed by atoms with Crippen LogP contribution in [0.1, 0.15) is 25.8 Å². The Morgan fingerprint density at radius 1 is 1.19 bits per heavy atom. The first-order valence-electron chi connectivity index (χ1n) is 8.47. The normalized spacial score (nSPS) is 21.7. The molecule has 2 unspecified atom stereocenters. The highest BCUT2D eigenvalue weighted by atomic mass is 32.2. The van der Waals surface area contributed by atoms with E-state index in [-0.39, 0.29) is 23.3 Å². The number of carbonyl (C=O) groups excluding carboxylic acids is 1. The van der Waals surface area contributed by atoms with Crippen molar-refractivity contribution in [2.75, 3.05) is 11.9 Å². The zero-order valence-corrected chi connectivity index (χ0v) is 15.7. The molecule has 0 saturated heterocycles. The van der Waals surface area contributed by atoms with E-state index >= 15 is 0 Å². The smallest absolute Gasteiger partial charge is 0.240 e. The molecule has 1 amide bonds. The van der Waals surface area contributed by atoms with Gasteiger partial charge in [0.15, 0.2) is 0 Å². The Morgan fingerprint density at radius 2 is 1.81 bits per heavy atom. The summed E-state index contributed by atoms with van der Waals surface area (Å²) in [5, 5.41) is 2.56. The molecule has 0 aliphatic heterocycles. The second-order valence-electron chi connectivity index (χ2n) is 6.92. The van der Waals surface area contributed by atoms with Crippen LogP contribution in [0.3, 0.4) is 0 Å². The maximum Gasteiger partial charge on any atom is 0.240 e. The summed E-state index contributed by atoms with van der Waals surface area (Å²) in [5.41, 5.74) is 0.128. The predicted octanol–water partition coefficient (Wildman–Crippen LogP) is 3.18. The largest absolute Gasteiger partial charge is 0.326 e. The molecule has 1 saturated carbocycles. The Kier molecular flexibility index (Phi) is 5.05. The van der Waals surface area contributed by atoms with Gasteiger partial charge in [0.25, 0.3) is 0 Å². The molecule has 1 fully saturated rings. The first-order valence-corrected chi connectivity index (χ1v) is 9.95. The highest BCUT2D eigenvalue weighted by Crippen LogP contribution is 2.54. The Balaban J connectivity index is 1.77. The number of benzene rings is 2. The number of anilines is 1. The van der Waals surface area contributed by atoms with E-state index in [1.54, 1.807) is 0 Å². The van der Waals surface area contributed by atoms with E-state index in [1.807, 2.05) is 6.92 Å². The van der Waals surface area contributed by atoms with Crippen LogP contribution in [0, 0.1) is 17.6 Å². The van der Waals surface area contributed by atoms with Crippen LogP contribution in [0.5, 0.6) is 0 Å². The average Bonchev–Trinajstić information content (AvgIpc) is 3.24. The van der Waals surface area contributed by atoms with Gasteiger partial charge in [-0.1, -0.05) is 13.0 Å². The fourth-order valence-corrected chi connectivity index (χ4v) is 4.43. The van der Waals surface area contributed by atoms with E-state index in [9.17, 15) is 22.0 Å². The van der Waals surface area contributed by atoms with Gasteiger partial charge < -0.3 is 5.32 Å². The summed E-state index contributed by atoms with van der Waals surface area (Å²) in [4.78, 5) is 11.1. The molecule has 0 aromatic heterocycles. The summed E-state index contributed by atoms with van der Waals surface area (Å²) in [5.74, 6) is -1.52. The molecule has 0 bridgehead atoms. The molecule has 5 nitrogen and oxygen atoms in total. The fourth-order valence-electron chi connectivity index (χ4n) is 3.33. The molecule has 0 heterocycles. The van der Waals surface area contributed by atoms with E-state index < -0.39 is 27.1 Å². The van der Waals surface area contributed by atoms with Gasteiger partial charge in [-0.2, -0.15) is 0 Å². The number of hydrogen-bond donors (Lipinski definition) is 2. The van der Waals surface area contributed by atoms with Gasteiger partial charge in [0, 0.05) is 30.6 Å². The van der Waals surface area contributed by atoms with Crippen LogP contribution in [0.4, 0.5) is 14.5 Å². The molecular formula is C19H20F2N2O3S. The lowest BCUT2D eigenvalue weighted by Gasteiger charge is -2.19. The SMILES string of the molecule is CC(=O)Nc1ccc(S(=O)(=O)NCC2(c3ccc(F)cc3F)CC2C)cc1. The number of nitrogens with one attached hydrogen (secondary N) is 2. The lowest BCUT2D eigenvalue weighted by Crippen LogP contribution is -2.33. The number of hydrogen-bond acceptors (Lipinski definition) is 3. The molecule has 2 aromatic carbocycles. The Labute approximate surface area is 156 Å². The van der Waals surface area contributed by atoms with Crippen molar-refractivity contribution in [3.8, 4) is 0 Å². The van der Waals surface area contributed by atoms with Gasteiger partial charge in [0.05, 0.1) is 4.90 Å². The van der Waals surface area contributed by atoms with Crippen LogP contribution in [0.25, 0.3) is 0 Å². The number of amides is 1. The summed E-state index contributed by atoms with van der Waals surface area (Å²) >= 11 is 0. The van der Waals surface area contributed by atoms with Gasteiger partial charge in [-0.05, 0) is 48.2 Å². The van der Waals surface area contributed by atoms with Crippen LogP contribution in [0.2, 0.25) is 0 Å². The highest BCUT2D eigenvalue weighted by Gasteiger charge is 2.53. The number of halogens is 2. The molecule has 1 aliphatic carbocycles. The topological polar surface area (TPSA) is 75.3 Å². The van der Waals surface area contributed by atoms with Crippen LogP contribution >= 0.6 is 0 Å². The lowest BCUT2D eigenvalue weighted by molar-refractivity contribution is -0.114. The minimum Gasteiger partial charge on any atom is -0.326 e. The van der Waals surface area contributed by atoms with Gasteiger partial charge in [0.2, 0.25) is 15.9 Å². The summed E-state index contributed by atoms with van der Waals surface area (Å²) in [6.07, 6.45) is 0.611. The third-order valence-electron chi connectivity index (χ3n) is 4.98. The standard InChI is InChI=1S/C19H20F2N2O3S/c1-12-10-19(12,17-8-3-14(20)9-18(17)21)11-22-27(25,26)16-6-4-15(5-7-16)23-13(2)24/h3-9,12,22H,10-11H2,1-2H3,(H,23,24). The molecule has 8 heteroatoms. The average molecular weight is 394 g/mol. The third kappa shape index (κ3) is 4.01. The number of rotatable bonds is 6. The minimum atomic E-state index is -3.81. The van der Waals surface area contributed by atoms with Crippen molar-refractivity contribution >= 4 is 21.6 Å². The van der Waals surface area contributed by atoms with Crippen LogP contribution in [0.15, 0.2) is 47.4 Å². The van der Waals surface area contributed by atoms with Gasteiger partial charge in [0.1, 0.15) is 11.6 Å². The van der Waals surface area contributed by atoms with Gasteiger partial charge in [-0.25, -0.2) is 21.9 Å². The van der Waals surface area contributed by atoms with E-state index in [2.05, 4.69) is 10.0 Å². The minimum absolute atomic E-state index is 0.0203. The number of sulfonamides is 1. The molecule has 2 aromatic rings. The summed E-state index contributed by atoms with van der Waals surface area (Å²) < 4.78 is 55.0. The molecule has 0 spiro atoms. The van der Waals surface area contributed by atoms with Crippen LogP contribution in [-0.2, 0) is 20.2 Å². The van der Waals surface area contributed by atoms with Gasteiger partial charge >= 0.3 is 0 Å². The predicted molar refractivity (Wildman–Crippen MR) is 97.8 cm³/mol. The van der Waals surface area contributed by atoms with E-state index in [1.165, 1.54) is 43.3 Å². The molecule has 2 atom stereocenters. The zero-order chi connectivity index (χ0) is 19.8. The van der Waals surface area contributed by atoms with Crippen molar-refractivity contribution in [1.29, 1.82) is 0 Å². The van der Waals surface area contributed by atoms with E-state index in [0.717, 1.165) is 6.07 Å². The van der Waals surface area contributed by atoms with Gasteiger partial charge in [-0.15, -0.1) is 0 Å². The van der Waals surface area contributed by atoms with E-state index in [0.29, 0.717) is 17.7 Å². The molecule has 144 valence electrons. The quantitative estimate of drug-likeness (QED) is 0.790.